The molecule has 1 saturated heterocycles. The first-order valence-electron chi connectivity index (χ1n) is 6.77. The summed E-state index contributed by atoms with van der Waals surface area (Å²) in [6, 6.07) is 3.19. The smallest absolute Gasteiger partial charge is 0.325 e. The molecule has 1 heterocycles. The number of hydrogen-bond donors (Lipinski definition) is 3. The SMILES string of the molecule is CN1C(=O)NC(=O)C(N(C)C(=O)c2ccc(S(N)(=O)=O)cc2)C1N. The zero-order valence-corrected chi connectivity index (χ0v) is 13.8. The summed E-state index contributed by atoms with van der Waals surface area (Å²) in [6.45, 7) is 0. The lowest BCUT2D eigenvalue weighted by atomic mass is 10.1. The molecule has 1 aliphatic heterocycles. The van der Waals surface area contributed by atoms with Gasteiger partial charge in [0.15, 0.2) is 0 Å². The van der Waals surface area contributed by atoms with E-state index in [9.17, 15) is 22.8 Å². The number of nitrogens with one attached hydrogen (secondary N) is 1. The molecule has 4 amide bonds. The Morgan fingerprint density at radius 1 is 1.25 bits per heavy atom. The van der Waals surface area contributed by atoms with Gasteiger partial charge in [-0.3, -0.25) is 14.9 Å². The number of nitrogens with two attached hydrogens (primary N) is 2. The molecule has 1 aliphatic rings. The van der Waals surface area contributed by atoms with E-state index in [2.05, 4.69) is 5.32 Å². The van der Waals surface area contributed by atoms with Crippen molar-refractivity contribution in [1.29, 1.82) is 0 Å². The van der Waals surface area contributed by atoms with Crippen molar-refractivity contribution in [3.05, 3.63) is 29.8 Å². The first-order valence-corrected chi connectivity index (χ1v) is 8.32. The molecular weight excluding hydrogens is 338 g/mol. The van der Waals surface area contributed by atoms with Crippen molar-refractivity contribution >= 4 is 27.9 Å². The van der Waals surface area contributed by atoms with Crippen LogP contribution in [0.25, 0.3) is 0 Å². The van der Waals surface area contributed by atoms with Crippen molar-refractivity contribution in [1.82, 2.24) is 15.1 Å². The van der Waals surface area contributed by atoms with Crippen molar-refractivity contribution in [3.8, 4) is 0 Å². The number of likely N-dealkylation sites (N-methyl/N-ethyl adjacent to an activating group) is 2. The minimum Gasteiger partial charge on any atom is -0.326 e. The summed E-state index contributed by atoms with van der Waals surface area (Å²) < 4.78 is 22.4. The third-order valence-electron chi connectivity index (χ3n) is 3.76. The lowest BCUT2D eigenvalue weighted by molar-refractivity contribution is -0.128. The van der Waals surface area contributed by atoms with E-state index in [0.717, 1.165) is 9.80 Å². The third-order valence-corrected chi connectivity index (χ3v) is 4.69. The van der Waals surface area contributed by atoms with Gasteiger partial charge in [0.1, 0.15) is 12.2 Å². The van der Waals surface area contributed by atoms with Gasteiger partial charge in [0.2, 0.25) is 10.0 Å². The molecule has 5 N–H and O–H groups in total. The molecular formula is C13H17N5O5S. The number of amides is 4. The van der Waals surface area contributed by atoms with Crippen LogP contribution in [0.5, 0.6) is 0 Å². The van der Waals surface area contributed by atoms with Crippen LogP contribution in [-0.2, 0) is 14.8 Å². The molecule has 11 heteroatoms. The highest BCUT2D eigenvalue weighted by Gasteiger charge is 2.41. The molecule has 0 saturated carbocycles. The van der Waals surface area contributed by atoms with Gasteiger partial charge in [-0.15, -0.1) is 0 Å². The van der Waals surface area contributed by atoms with Crippen LogP contribution in [0.4, 0.5) is 4.79 Å². The maximum absolute atomic E-state index is 12.5. The molecule has 0 bridgehead atoms. The highest BCUT2D eigenvalue weighted by atomic mass is 32.2. The summed E-state index contributed by atoms with van der Waals surface area (Å²) in [5.41, 5.74) is 6.00. The average molecular weight is 355 g/mol. The second kappa shape index (κ2) is 6.19. The Balaban J connectivity index is 2.26. The highest BCUT2D eigenvalue weighted by Crippen LogP contribution is 2.15. The van der Waals surface area contributed by atoms with E-state index >= 15 is 0 Å². The van der Waals surface area contributed by atoms with Crippen LogP contribution in [0.3, 0.4) is 0 Å². The summed E-state index contributed by atoms with van der Waals surface area (Å²) >= 11 is 0. The van der Waals surface area contributed by atoms with Gasteiger partial charge in [-0.25, -0.2) is 18.4 Å². The lowest BCUT2D eigenvalue weighted by Gasteiger charge is -2.39. The number of hydrogen-bond acceptors (Lipinski definition) is 6. The standard InChI is InChI=1S/C13H17N5O5S/c1-17(9-10(14)18(2)13(21)16-11(9)19)12(20)7-3-5-8(6-4-7)24(15,22)23/h3-6,9-10H,14H2,1-2H3,(H2,15,22,23)(H,16,19,21). The van der Waals surface area contributed by atoms with Gasteiger partial charge in [0, 0.05) is 19.7 Å². The molecule has 2 atom stereocenters. The first-order chi connectivity index (χ1) is 11.0. The summed E-state index contributed by atoms with van der Waals surface area (Å²) in [4.78, 5) is 38.0. The van der Waals surface area contributed by atoms with Crippen LogP contribution < -0.4 is 16.2 Å². The van der Waals surface area contributed by atoms with Crippen molar-refractivity contribution in [3.63, 3.8) is 0 Å². The Kier molecular flexibility index (Phi) is 4.60. The Bertz CT molecular complexity index is 791. The molecule has 1 fully saturated rings. The van der Waals surface area contributed by atoms with Crippen molar-refractivity contribution in [2.75, 3.05) is 14.1 Å². The lowest BCUT2D eigenvalue weighted by Crippen LogP contribution is -2.69. The second-order valence-corrected chi connectivity index (χ2v) is 6.89. The zero-order valence-electron chi connectivity index (χ0n) is 13.0. The third kappa shape index (κ3) is 3.22. The van der Waals surface area contributed by atoms with E-state index in [1.165, 1.54) is 38.4 Å². The van der Waals surface area contributed by atoms with Gasteiger partial charge in [0.05, 0.1) is 4.90 Å². The van der Waals surface area contributed by atoms with Gasteiger partial charge in [-0.2, -0.15) is 0 Å². The van der Waals surface area contributed by atoms with E-state index in [1.54, 1.807) is 0 Å². The predicted molar refractivity (Wildman–Crippen MR) is 83.0 cm³/mol. The van der Waals surface area contributed by atoms with Crippen molar-refractivity contribution in [2.45, 2.75) is 17.1 Å². The van der Waals surface area contributed by atoms with Crippen LogP contribution in [0, 0.1) is 0 Å². The van der Waals surface area contributed by atoms with Crippen LogP contribution in [0.2, 0.25) is 0 Å². The highest BCUT2D eigenvalue weighted by molar-refractivity contribution is 7.89. The molecule has 1 aromatic rings. The van der Waals surface area contributed by atoms with E-state index in [-0.39, 0.29) is 10.5 Å². The molecule has 0 aromatic heterocycles. The Hall–Kier alpha value is -2.50. The van der Waals surface area contributed by atoms with Gasteiger partial charge in [0.25, 0.3) is 11.8 Å². The number of primary sulfonamides is 1. The Morgan fingerprint density at radius 2 is 1.79 bits per heavy atom. The summed E-state index contributed by atoms with van der Waals surface area (Å²) in [7, 11) is -1.10. The van der Waals surface area contributed by atoms with Crippen LogP contribution in [0.15, 0.2) is 29.2 Å². The number of carbonyl (C=O) groups is 3. The Labute approximate surface area is 138 Å². The van der Waals surface area contributed by atoms with Gasteiger partial charge < -0.3 is 15.5 Å². The molecule has 0 radical (unpaired) electrons. The average Bonchev–Trinajstić information content (AvgIpc) is 2.51. The number of rotatable bonds is 3. The second-order valence-electron chi connectivity index (χ2n) is 5.33. The molecule has 130 valence electrons. The largest absolute Gasteiger partial charge is 0.326 e. The van der Waals surface area contributed by atoms with E-state index in [4.69, 9.17) is 10.9 Å². The summed E-state index contributed by atoms with van der Waals surface area (Å²) in [6.07, 6.45) is -1.01. The van der Waals surface area contributed by atoms with Crippen molar-refractivity contribution < 1.29 is 22.8 Å². The monoisotopic (exact) mass is 355 g/mol. The quantitative estimate of drug-likeness (QED) is 0.583. The molecule has 0 aliphatic carbocycles. The molecule has 2 unspecified atom stereocenters. The topological polar surface area (TPSA) is 156 Å². The number of imide groups is 1. The maximum Gasteiger partial charge on any atom is 0.325 e. The normalized spacial score (nSPS) is 21.4. The number of benzene rings is 1. The van der Waals surface area contributed by atoms with Crippen molar-refractivity contribution in [2.24, 2.45) is 10.9 Å². The minimum atomic E-state index is -3.87. The summed E-state index contributed by atoms with van der Waals surface area (Å²) in [5.74, 6) is -1.25. The van der Waals surface area contributed by atoms with E-state index in [1.807, 2.05) is 0 Å². The first kappa shape index (κ1) is 17.8. The fourth-order valence-corrected chi connectivity index (χ4v) is 2.81. The number of nitrogens with zero attached hydrogens (tertiary/aromatic N) is 2. The van der Waals surface area contributed by atoms with Gasteiger partial charge in [-0.1, -0.05) is 0 Å². The Morgan fingerprint density at radius 3 is 2.29 bits per heavy atom. The molecule has 1 aromatic carbocycles. The molecule has 0 spiro atoms. The van der Waals surface area contributed by atoms with Gasteiger partial charge in [-0.05, 0) is 24.3 Å². The number of sulfonamides is 1. The minimum absolute atomic E-state index is 0.140. The molecule has 24 heavy (non-hydrogen) atoms. The fourth-order valence-electron chi connectivity index (χ4n) is 2.29. The maximum atomic E-state index is 12.5. The predicted octanol–water partition coefficient (Wildman–Crippen LogP) is -1.76. The zero-order chi connectivity index (χ0) is 18.2. The fraction of sp³-hybridized carbons (Fsp3) is 0.308. The van der Waals surface area contributed by atoms with E-state index < -0.39 is 40.1 Å². The molecule has 2 rings (SSSR count). The van der Waals surface area contributed by atoms with Crippen LogP contribution in [-0.4, -0.2) is 62.4 Å². The van der Waals surface area contributed by atoms with E-state index in [0.29, 0.717) is 0 Å². The summed E-state index contributed by atoms with van der Waals surface area (Å²) in [5, 5.41) is 7.10. The van der Waals surface area contributed by atoms with Crippen LogP contribution >= 0.6 is 0 Å². The number of urea groups is 1. The molecule has 10 nitrogen and oxygen atoms in total. The van der Waals surface area contributed by atoms with Gasteiger partial charge >= 0.3 is 6.03 Å². The van der Waals surface area contributed by atoms with Crippen LogP contribution in [0.1, 0.15) is 10.4 Å². The number of carbonyl (C=O) groups excluding carboxylic acids is 3.